The molecule has 0 bridgehead atoms. The SMILES string of the molecule is COc1ccc(-c2cc3cnncc3[nH]2)cc1Nc1cccc(C(F)(F)F)c1. The minimum atomic E-state index is -4.41. The molecule has 5 nitrogen and oxygen atoms in total. The maximum atomic E-state index is 13.0. The first-order valence-corrected chi connectivity index (χ1v) is 8.36. The Morgan fingerprint density at radius 3 is 2.57 bits per heavy atom. The van der Waals surface area contributed by atoms with Gasteiger partial charge in [-0.05, 0) is 42.5 Å². The Balaban J connectivity index is 1.71. The number of fused-ring (bicyclic) bond motifs is 1. The number of alkyl halides is 3. The summed E-state index contributed by atoms with van der Waals surface area (Å²) in [7, 11) is 1.51. The Morgan fingerprint density at radius 1 is 1.00 bits per heavy atom. The Hall–Kier alpha value is -3.55. The maximum Gasteiger partial charge on any atom is 0.416 e. The molecule has 0 radical (unpaired) electrons. The third-order valence-corrected chi connectivity index (χ3v) is 4.31. The van der Waals surface area contributed by atoms with Gasteiger partial charge in [-0.15, -0.1) is 0 Å². The van der Waals surface area contributed by atoms with E-state index in [1.807, 2.05) is 18.2 Å². The molecule has 0 aliphatic rings. The fourth-order valence-corrected chi connectivity index (χ4v) is 2.94. The van der Waals surface area contributed by atoms with Crippen LogP contribution in [0.5, 0.6) is 5.75 Å². The van der Waals surface area contributed by atoms with Crippen LogP contribution in [-0.2, 0) is 6.18 Å². The second-order valence-corrected chi connectivity index (χ2v) is 6.16. The van der Waals surface area contributed by atoms with Crippen molar-refractivity contribution in [3.63, 3.8) is 0 Å². The van der Waals surface area contributed by atoms with E-state index in [9.17, 15) is 13.2 Å². The molecule has 0 atom stereocenters. The molecule has 0 saturated heterocycles. The summed E-state index contributed by atoms with van der Waals surface area (Å²) in [5, 5.41) is 11.6. The standard InChI is InChI=1S/C20H15F3N4O/c1-28-19-6-5-12(16-8-13-10-24-25-11-18(13)27-16)7-17(19)26-15-4-2-3-14(9-15)20(21,22)23/h2-11,26-27H,1H3. The third-order valence-electron chi connectivity index (χ3n) is 4.31. The number of aromatic amines is 1. The largest absolute Gasteiger partial charge is 0.495 e. The summed E-state index contributed by atoms with van der Waals surface area (Å²) in [5.74, 6) is 0.514. The van der Waals surface area contributed by atoms with Gasteiger partial charge in [0.15, 0.2) is 0 Å². The van der Waals surface area contributed by atoms with E-state index in [0.717, 1.165) is 34.3 Å². The number of halogens is 3. The van der Waals surface area contributed by atoms with Crippen LogP contribution in [-0.4, -0.2) is 22.3 Å². The first kappa shape index (κ1) is 17.8. The number of rotatable bonds is 4. The van der Waals surface area contributed by atoms with Gasteiger partial charge in [-0.3, -0.25) is 0 Å². The monoisotopic (exact) mass is 384 g/mol. The molecule has 142 valence electrons. The minimum absolute atomic E-state index is 0.315. The number of nitrogens with zero attached hydrogens (tertiary/aromatic N) is 2. The van der Waals surface area contributed by atoms with Crippen molar-refractivity contribution in [1.29, 1.82) is 0 Å². The van der Waals surface area contributed by atoms with Crippen molar-refractivity contribution in [1.82, 2.24) is 15.2 Å². The Bertz CT molecular complexity index is 1100. The summed E-state index contributed by atoms with van der Waals surface area (Å²) in [4.78, 5) is 3.25. The molecular formula is C20H15F3N4O. The second-order valence-electron chi connectivity index (χ2n) is 6.16. The van der Waals surface area contributed by atoms with E-state index in [1.54, 1.807) is 24.5 Å². The summed E-state index contributed by atoms with van der Waals surface area (Å²) in [6.07, 6.45) is -1.12. The van der Waals surface area contributed by atoms with Gasteiger partial charge >= 0.3 is 6.18 Å². The van der Waals surface area contributed by atoms with Crippen molar-refractivity contribution in [3.05, 3.63) is 66.5 Å². The summed E-state index contributed by atoms with van der Waals surface area (Å²) in [5.41, 5.74) is 2.66. The second kappa shape index (κ2) is 6.88. The van der Waals surface area contributed by atoms with Crippen LogP contribution in [0.25, 0.3) is 22.2 Å². The zero-order chi connectivity index (χ0) is 19.7. The predicted molar refractivity (Wildman–Crippen MR) is 101 cm³/mol. The van der Waals surface area contributed by atoms with Gasteiger partial charge in [0, 0.05) is 22.3 Å². The van der Waals surface area contributed by atoms with Gasteiger partial charge in [0.25, 0.3) is 0 Å². The molecule has 0 amide bonds. The van der Waals surface area contributed by atoms with Gasteiger partial charge in [0.2, 0.25) is 0 Å². The molecule has 0 spiro atoms. The Kier molecular flexibility index (Phi) is 4.38. The highest BCUT2D eigenvalue weighted by molar-refractivity contribution is 5.85. The van der Waals surface area contributed by atoms with Crippen molar-refractivity contribution >= 4 is 22.3 Å². The van der Waals surface area contributed by atoms with Gasteiger partial charge in [-0.2, -0.15) is 23.4 Å². The molecule has 8 heteroatoms. The van der Waals surface area contributed by atoms with Crippen LogP contribution in [0.3, 0.4) is 0 Å². The van der Waals surface area contributed by atoms with Crippen molar-refractivity contribution in [2.45, 2.75) is 6.18 Å². The normalized spacial score (nSPS) is 11.6. The number of hydrogen-bond donors (Lipinski definition) is 2. The molecule has 2 aromatic heterocycles. The smallest absolute Gasteiger partial charge is 0.416 e. The van der Waals surface area contributed by atoms with Gasteiger partial charge in [0.05, 0.1) is 36.3 Å². The molecule has 4 rings (SSSR count). The summed E-state index contributed by atoms with van der Waals surface area (Å²) >= 11 is 0. The molecule has 2 N–H and O–H groups in total. The van der Waals surface area contributed by atoms with E-state index in [-0.39, 0.29) is 0 Å². The van der Waals surface area contributed by atoms with Crippen molar-refractivity contribution in [2.24, 2.45) is 0 Å². The summed E-state index contributed by atoms with van der Waals surface area (Å²) < 4.78 is 44.3. The zero-order valence-electron chi connectivity index (χ0n) is 14.7. The van der Waals surface area contributed by atoms with Crippen LogP contribution in [0, 0.1) is 0 Å². The zero-order valence-corrected chi connectivity index (χ0v) is 14.7. The molecule has 0 fully saturated rings. The van der Waals surface area contributed by atoms with E-state index in [0.29, 0.717) is 17.1 Å². The van der Waals surface area contributed by atoms with E-state index in [4.69, 9.17) is 4.74 Å². The summed E-state index contributed by atoms with van der Waals surface area (Å²) in [6, 6.07) is 12.4. The molecule has 0 aliphatic heterocycles. The lowest BCUT2D eigenvalue weighted by Crippen LogP contribution is -2.05. The molecule has 2 aromatic carbocycles. The predicted octanol–water partition coefficient (Wildman–Crippen LogP) is 5.40. The van der Waals surface area contributed by atoms with Gasteiger partial charge in [0.1, 0.15) is 5.75 Å². The quantitative estimate of drug-likeness (QED) is 0.495. The number of methoxy groups -OCH3 is 1. The average molecular weight is 384 g/mol. The Labute approximate surface area is 158 Å². The fraction of sp³-hybridized carbons (Fsp3) is 0.100. The fourth-order valence-electron chi connectivity index (χ4n) is 2.94. The van der Waals surface area contributed by atoms with E-state index in [1.165, 1.54) is 13.2 Å². The first-order valence-electron chi connectivity index (χ1n) is 8.36. The lowest BCUT2D eigenvalue weighted by Gasteiger charge is -2.14. The van der Waals surface area contributed by atoms with E-state index < -0.39 is 11.7 Å². The van der Waals surface area contributed by atoms with Crippen molar-refractivity contribution < 1.29 is 17.9 Å². The number of nitrogens with one attached hydrogen (secondary N) is 2. The lowest BCUT2D eigenvalue weighted by atomic mass is 10.1. The Morgan fingerprint density at radius 2 is 1.82 bits per heavy atom. The third kappa shape index (κ3) is 3.48. The highest BCUT2D eigenvalue weighted by Gasteiger charge is 2.30. The number of ether oxygens (including phenoxy) is 1. The van der Waals surface area contributed by atoms with Crippen molar-refractivity contribution in [2.75, 3.05) is 12.4 Å². The molecule has 2 heterocycles. The van der Waals surface area contributed by atoms with E-state index >= 15 is 0 Å². The van der Waals surface area contributed by atoms with Crippen LogP contribution in [0.15, 0.2) is 60.9 Å². The number of benzene rings is 2. The molecule has 0 aliphatic carbocycles. The van der Waals surface area contributed by atoms with Crippen LogP contribution >= 0.6 is 0 Å². The number of anilines is 2. The van der Waals surface area contributed by atoms with Crippen LogP contribution in [0.4, 0.5) is 24.5 Å². The first-order chi connectivity index (χ1) is 13.4. The maximum absolute atomic E-state index is 13.0. The molecule has 0 unspecified atom stereocenters. The van der Waals surface area contributed by atoms with Crippen LogP contribution in [0.2, 0.25) is 0 Å². The van der Waals surface area contributed by atoms with Crippen LogP contribution < -0.4 is 10.1 Å². The molecule has 4 aromatic rings. The van der Waals surface area contributed by atoms with Gasteiger partial charge in [-0.25, -0.2) is 0 Å². The lowest BCUT2D eigenvalue weighted by molar-refractivity contribution is -0.137. The highest BCUT2D eigenvalue weighted by atomic mass is 19.4. The number of H-pyrrole nitrogens is 1. The molecule has 28 heavy (non-hydrogen) atoms. The van der Waals surface area contributed by atoms with Crippen molar-refractivity contribution in [3.8, 4) is 17.0 Å². The molecule has 0 saturated carbocycles. The highest BCUT2D eigenvalue weighted by Crippen LogP contribution is 2.35. The topological polar surface area (TPSA) is 62.8 Å². The van der Waals surface area contributed by atoms with Gasteiger partial charge < -0.3 is 15.0 Å². The summed E-state index contributed by atoms with van der Waals surface area (Å²) in [6.45, 7) is 0. The van der Waals surface area contributed by atoms with Gasteiger partial charge in [-0.1, -0.05) is 6.07 Å². The number of hydrogen-bond acceptors (Lipinski definition) is 4. The van der Waals surface area contributed by atoms with Crippen LogP contribution in [0.1, 0.15) is 5.56 Å². The minimum Gasteiger partial charge on any atom is -0.495 e. The van der Waals surface area contributed by atoms with E-state index in [2.05, 4.69) is 20.5 Å². The number of aromatic nitrogens is 3. The average Bonchev–Trinajstić information content (AvgIpc) is 3.12. The molecular weight excluding hydrogens is 369 g/mol.